The number of thioether (sulfide) groups is 1. The molecule has 0 radical (unpaired) electrons. The summed E-state index contributed by atoms with van der Waals surface area (Å²) in [6.07, 6.45) is 2.81. The van der Waals surface area contributed by atoms with Gasteiger partial charge in [0.15, 0.2) is 5.17 Å². The monoisotopic (exact) mass is 435 g/mol. The van der Waals surface area contributed by atoms with Crippen molar-refractivity contribution in [2.45, 2.75) is 12.0 Å². The van der Waals surface area contributed by atoms with Crippen LogP contribution in [0.15, 0.2) is 35.6 Å². The van der Waals surface area contributed by atoms with Crippen LogP contribution in [-0.2, 0) is 10.3 Å². The number of amidine groups is 1. The Balaban J connectivity index is 1.62. The first-order valence-electron chi connectivity index (χ1n) is 9.20. The molecule has 0 saturated carbocycles. The lowest BCUT2D eigenvalue weighted by molar-refractivity contribution is 0.00886. The number of aliphatic imine (C=N–C) groups is 1. The number of nitrogens with one attached hydrogen (secondary N) is 1. The Morgan fingerprint density at radius 2 is 2.27 bits per heavy atom. The molecular formula is C19H19F2N5O3S. The topological polar surface area (TPSA) is 112 Å². The fraction of sp³-hybridized carbons (Fsp3) is 0.368. The number of nitrogens with two attached hydrogens (primary N) is 1. The van der Waals surface area contributed by atoms with Gasteiger partial charge >= 0.3 is 0 Å². The maximum absolute atomic E-state index is 14.9. The second-order valence-corrected chi connectivity index (χ2v) is 7.89. The maximum Gasteiger partial charge on any atom is 0.275 e. The molecule has 2 aliphatic rings. The second kappa shape index (κ2) is 8.52. The van der Waals surface area contributed by atoms with Crippen LogP contribution in [0.2, 0.25) is 0 Å². The van der Waals surface area contributed by atoms with Crippen molar-refractivity contribution in [3.8, 4) is 5.88 Å². The molecule has 2 atom stereocenters. The first kappa shape index (κ1) is 20.5. The molecule has 11 heteroatoms. The fourth-order valence-corrected chi connectivity index (χ4v) is 4.62. The molecule has 2 aromatic rings. The Bertz CT molecular complexity index is 975. The lowest BCUT2D eigenvalue weighted by Gasteiger charge is -2.44. The zero-order chi connectivity index (χ0) is 21.1. The lowest BCUT2D eigenvalue weighted by Crippen LogP contribution is -2.47. The van der Waals surface area contributed by atoms with E-state index in [1.807, 2.05) is 0 Å². The fourth-order valence-electron chi connectivity index (χ4n) is 3.65. The van der Waals surface area contributed by atoms with Gasteiger partial charge in [0.25, 0.3) is 5.91 Å². The average Bonchev–Trinajstić information content (AvgIpc) is 2.75. The number of ether oxygens (including phenoxy) is 2. The van der Waals surface area contributed by atoms with E-state index in [1.54, 1.807) is 6.07 Å². The van der Waals surface area contributed by atoms with Crippen LogP contribution in [0.25, 0.3) is 0 Å². The predicted molar refractivity (Wildman–Crippen MR) is 108 cm³/mol. The number of nitrogens with zero attached hydrogens (tertiary/aromatic N) is 3. The van der Waals surface area contributed by atoms with Crippen molar-refractivity contribution in [1.82, 2.24) is 9.97 Å². The molecule has 158 valence electrons. The van der Waals surface area contributed by atoms with E-state index in [0.29, 0.717) is 41.8 Å². The van der Waals surface area contributed by atoms with Crippen LogP contribution in [-0.4, -0.2) is 46.9 Å². The summed E-state index contributed by atoms with van der Waals surface area (Å²) >= 11 is 1.43. The molecule has 1 aromatic heterocycles. The van der Waals surface area contributed by atoms with Crippen molar-refractivity contribution in [2.75, 3.05) is 31.1 Å². The molecule has 2 aliphatic heterocycles. The number of alkyl halides is 1. The van der Waals surface area contributed by atoms with E-state index in [-0.39, 0.29) is 17.5 Å². The zero-order valence-corrected chi connectivity index (χ0v) is 16.6. The first-order chi connectivity index (χ1) is 14.5. The Labute approximate surface area is 175 Å². The smallest absolute Gasteiger partial charge is 0.275 e. The van der Waals surface area contributed by atoms with Crippen molar-refractivity contribution in [3.63, 3.8) is 0 Å². The predicted octanol–water partition coefficient (Wildman–Crippen LogP) is 2.47. The number of benzene rings is 1. The zero-order valence-electron chi connectivity index (χ0n) is 15.8. The standard InChI is InChI=1S/C19H19F2N5O3S/c20-10-29-16-7-23-15(6-24-16)17(27)25-12-1-2-14(21)13(5-12)19-3-4-28-8-11(19)9-30-18(22)26-19/h1-2,5-7,11H,3-4,8-10H2,(H2,22,26)(H,25,27)/t11-,19-/m0/s1. The highest BCUT2D eigenvalue weighted by Crippen LogP contribution is 2.46. The summed E-state index contributed by atoms with van der Waals surface area (Å²) in [5.41, 5.74) is 5.90. The molecule has 1 aromatic carbocycles. The number of anilines is 1. The van der Waals surface area contributed by atoms with Gasteiger partial charge in [-0.3, -0.25) is 9.79 Å². The van der Waals surface area contributed by atoms with E-state index in [9.17, 15) is 13.6 Å². The summed E-state index contributed by atoms with van der Waals surface area (Å²) in [5, 5.41) is 3.09. The molecule has 0 unspecified atom stereocenters. The number of hydrogen-bond acceptors (Lipinski definition) is 8. The SMILES string of the molecule is NC1=N[C@@]2(c3cc(NC(=O)c4cnc(OCF)cn4)ccc3F)CCOC[C@H]2CS1. The van der Waals surface area contributed by atoms with Gasteiger partial charge in [-0.25, -0.2) is 18.7 Å². The van der Waals surface area contributed by atoms with Gasteiger partial charge in [-0.05, 0) is 18.2 Å². The van der Waals surface area contributed by atoms with Crippen molar-refractivity contribution < 1.29 is 23.0 Å². The Morgan fingerprint density at radius 1 is 1.40 bits per heavy atom. The number of rotatable bonds is 5. The van der Waals surface area contributed by atoms with Crippen LogP contribution in [0, 0.1) is 11.7 Å². The van der Waals surface area contributed by atoms with Crippen LogP contribution < -0.4 is 15.8 Å². The van der Waals surface area contributed by atoms with Crippen LogP contribution in [0.1, 0.15) is 22.5 Å². The third-order valence-corrected chi connectivity index (χ3v) is 6.07. The molecule has 3 N–H and O–H groups in total. The average molecular weight is 435 g/mol. The van der Waals surface area contributed by atoms with Gasteiger partial charge in [0, 0.05) is 35.9 Å². The van der Waals surface area contributed by atoms with Crippen molar-refractivity contribution in [2.24, 2.45) is 16.6 Å². The summed E-state index contributed by atoms with van der Waals surface area (Å²) in [7, 11) is 0. The van der Waals surface area contributed by atoms with E-state index in [2.05, 4.69) is 25.0 Å². The van der Waals surface area contributed by atoms with Crippen LogP contribution >= 0.6 is 11.8 Å². The molecule has 4 rings (SSSR count). The van der Waals surface area contributed by atoms with Gasteiger partial charge in [-0.2, -0.15) is 0 Å². The largest absolute Gasteiger partial charge is 0.445 e. The van der Waals surface area contributed by atoms with Crippen molar-refractivity contribution in [3.05, 3.63) is 47.7 Å². The van der Waals surface area contributed by atoms with Crippen LogP contribution in [0.5, 0.6) is 5.88 Å². The number of carbonyl (C=O) groups is 1. The lowest BCUT2D eigenvalue weighted by atomic mass is 9.75. The van der Waals surface area contributed by atoms with Gasteiger partial charge in [-0.1, -0.05) is 11.8 Å². The molecule has 30 heavy (non-hydrogen) atoms. The number of halogens is 2. The third kappa shape index (κ3) is 3.94. The molecular weight excluding hydrogens is 416 g/mol. The Hall–Kier alpha value is -2.79. The van der Waals surface area contributed by atoms with E-state index in [1.165, 1.54) is 30.1 Å². The Kier molecular flexibility index (Phi) is 5.82. The molecule has 8 nitrogen and oxygen atoms in total. The number of carbonyl (C=O) groups excluding carboxylic acids is 1. The molecule has 3 heterocycles. The van der Waals surface area contributed by atoms with Crippen LogP contribution in [0.3, 0.4) is 0 Å². The summed E-state index contributed by atoms with van der Waals surface area (Å²) in [6.45, 7) is -0.141. The van der Waals surface area contributed by atoms with E-state index in [4.69, 9.17) is 10.5 Å². The van der Waals surface area contributed by atoms with Gasteiger partial charge < -0.3 is 20.5 Å². The maximum atomic E-state index is 14.9. The molecule has 0 spiro atoms. The highest BCUT2D eigenvalue weighted by molar-refractivity contribution is 8.13. The van der Waals surface area contributed by atoms with E-state index in [0.717, 1.165) is 6.20 Å². The van der Waals surface area contributed by atoms with Gasteiger partial charge in [0.05, 0.1) is 24.5 Å². The number of hydrogen-bond donors (Lipinski definition) is 2. The summed E-state index contributed by atoms with van der Waals surface area (Å²) < 4.78 is 37.2. The first-order valence-corrected chi connectivity index (χ1v) is 10.2. The second-order valence-electron chi connectivity index (χ2n) is 6.85. The Morgan fingerprint density at radius 3 is 3.03 bits per heavy atom. The van der Waals surface area contributed by atoms with Gasteiger partial charge in [0.1, 0.15) is 11.5 Å². The number of aromatic nitrogens is 2. The molecule has 0 aliphatic carbocycles. The van der Waals surface area contributed by atoms with E-state index < -0.39 is 24.1 Å². The van der Waals surface area contributed by atoms with Crippen molar-refractivity contribution in [1.29, 1.82) is 0 Å². The van der Waals surface area contributed by atoms with E-state index >= 15 is 0 Å². The minimum atomic E-state index is -1.04. The van der Waals surface area contributed by atoms with Crippen LogP contribution in [0.4, 0.5) is 14.5 Å². The molecule has 1 amide bonds. The summed E-state index contributed by atoms with van der Waals surface area (Å²) in [6, 6.07) is 4.33. The number of fused-ring (bicyclic) bond motifs is 1. The highest BCUT2D eigenvalue weighted by Gasteiger charge is 2.47. The quantitative estimate of drug-likeness (QED) is 0.742. The summed E-state index contributed by atoms with van der Waals surface area (Å²) in [4.78, 5) is 24.8. The molecule has 1 fully saturated rings. The number of amides is 1. The highest BCUT2D eigenvalue weighted by atomic mass is 32.2. The third-order valence-electron chi connectivity index (χ3n) is 5.12. The van der Waals surface area contributed by atoms with Crippen molar-refractivity contribution >= 4 is 28.5 Å². The normalized spacial score (nSPS) is 23.3. The van der Waals surface area contributed by atoms with Gasteiger partial charge in [0.2, 0.25) is 12.7 Å². The summed E-state index contributed by atoms with van der Waals surface area (Å²) in [5.74, 6) is -0.355. The minimum Gasteiger partial charge on any atom is -0.445 e. The molecule has 1 saturated heterocycles. The van der Waals surface area contributed by atoms with Gasteiger partial charge in [-0.15, -0.1) is 0 Å². The molecule has 0 bridgehead atoms. The minimum absolute atomic E-state index is 0.00511.